The second-order valence-electron chi connectivity index (χ2n) is 4.57. The van der Waals surface area contributed by atoms with E-state index in [0.29, 0.717) is 15.2 Å². The summed E-state index contributed by atoms with van der Waals surface area (Å²) in [5, 5.41) is 2.49. The van der Waals surface area contributed by atoms with Crippen LogP contribution in [0, 0.1) is 0 Å². The van der Waals surface area contributed by atoms with Gasteiger partial charge in [-0.3, -0.25) is 0 Å². The highest BCUT2D eigenvalue weighted by molar-refractivity contribution is 9.10. The predicted molar refractivity (Wildman–Crippen MR) is 95.5 cm³/mol. The second kappa shape index (κ2) is 6.98. The zero-order valence-corrected chi connectivity index (χ0v) is 16.2. The highest BCUT2D eigenvalue weighted by Crippen LogP contribution is 2.32. The number of sulfonamides is 1. The number of nitrogens with zero attached hydrogens (tertiary/aromatic N) is 3. The van der Waals surface area contributed by atoms with Crippen molar-refractivity contribution in [2.75, 3.05) is 18.9 Å². The molecule has 0 saturated heterocycles. The number of anilines is 1. The van der Waals surface area contributed by atoms with Crippen molar-refractivity contribution in [3.05, 3.63) is 28.3 Å². The van der Waals surface area contributed by atoms with Crippen molar-refractivity contribution in [2.24, 2.45) is 0 Å². The number of aromatic nitrogens is 4. The van der Waals surface area contributed by atoms with Gasteiger partial charge in [0, 0.05) is 17.8 Å². The number of aromatic amines is 1. The van der Waals surface area contributed by atoms with Crippen LogP contribution in [0.2, 0.25) is 0 Å². The fourth-order valence-electron chi connectivity index (χ4n) is 1.91. The van der Waals surface area contributed by atoms with E-state index in [4.69, 9.17) is 9.47 Å². The molecule has 3 heterocycles. The molecular weight excluding hydrogens is 434 g/mol. The van der Waals surface area contributed by atoms with Crippen molar-refractivity contribution in [1.82, 2.24) is 19.9 Å². The Morgan fingerprint density at radius 1 is 1.24 bits per heavy atom. The summed E-state index contributed by atoms with van der Waals surface area (Å²) < 4.78 is 37.9. The highest BCUT2D eigenvalue weighted by Gasteiger charge is 2.21. The number of rotatable bonds is 6. The van der Waals surface area contributed by atoms with Crippen molar-refractivity contribution in [1.29, 1.82) is 0 Å². The van der Waals surface area contributed by atoms with Gasteiger partial charge in [0.2, 0.25) is 17.7 Å². The van der Waals surface area contributed by atoms with Crippen molar-refractivity contribution in [2.45, 2.75) is 4.90 Å². The molecule has 3 aromatic rings. The Hall–Kier alpha value is -2.18. The van der Waals surface area contributed by atoms with Crippen molar-refractivity contribution >= 4 is 43.2 Å². The lowest BCUT2D eigenvalue weighted by Gasteiger charge is -2.10. The third-order valence-electron chi connectivity index (χ3n) is 3.03. The average molecular weight is 446 g/mol. The Bertz CT molecular complexity index is 963. The van der Waals surface area contributed by atoms with Gasteiger partial charge in [-0.25, -0.2) is 18.1 Å². The number of nitrogens with one attached hydrogen (secondary N) is 2. The van der Waals surface area contributed by atoms with Gasteiger partial charge in [-0.05, 0) is 22.0 Å². The molecule has 0 bridgehead atoms. The SMILES string of the molecule is COc1nc(NS(=O)(=O)c2c[nH]c(-c3nccs3)c2)nc(OC)c1Br. The van der Waals surface area contributed by atoms with Crippen LogP contribution in [-0.2, 0) is 10.0 Å². The van der Waals surface area contributed by atoms with E-state index in [9.17, 15) is 8.42 Å². The molecule has 0 aliphatic rings. The summed E-state index contributed by atoms with van der Waals surface area (Å²) >= 11 is 4.62. The fourth-order valence-corrected chi connectivity index (χ4v) is 3.97. The number of ether oxygens (including phenoxy) is 2. The Kier molecular flexibility index (Phi) is 4.92. The molecule has 12 heteroatoms. The Morgan fingerprint density at radius 2 is 1.92 bits per heavy atom. The number of hydrogen-bond donors (Lipinski definition) is 2. The standard InChI is InChI=1S/C13H12BrN5O4S2/c1-22-10-9(14)11(23-2)18-13(17-10)19-25(20,21)7-5-8(16-6-7)12-15-3-4-24-12/h3-6,16H,1-2H3,(H,17,18,19). The van der Waals surface area contributed by atoms with E-state index in [2.05, 4.69) is 40.6 Å². The van der Waals surface area contributed by atoms with Crippen LogP contribution >= 0.6 is 27.3 Å². The highest BCUT2D eigenvalue weighted by atomic mass is 79.9. The number of hydrogen-bond acceptors (Lipinski definition) is 8. The molecule has 0 unspecified atom stereocenters. The van der Waals surface area contributed by atoms with Gasteiger partial charge >= 0.3 is 0 Å². The number of halogens is 1. The molecule has 9 nitrogen and oxygen atoms in total. The summed E-state index contributed by atoms with van der Waals surface area (Å²) in [6.45, 7) is 0. The zero-order chi connectivity index (χ0) is 18.0. The molecule has 132 valence electrons. The maximum atomic E-state index is 12.5. The zero-order valence-electron chi connectivity index (χ0n) is 13.0. The van der Waals surface area contributed by atoms with Gasteiger partial charge in [-0.1, -0.05) is 0 Å². The molecule has 0 fully saturated rings. The molecule has 0 atom stereocenters. The number of thiazole rings is 1. The van der Waals surface area contributed by atoms with E-state index in [1.165, 1.54) is 37.8 Å². The maximum Gasteiger partial charge on any atom is 0.265 e. The van der Waals surface area contributed by atoms with E-state index < -0.39 is 10.0 Å². The van der Waals surface area contributed by atoms with Gasteiger partial charge in [0.25, 0.3) is 10.0 Å². The van der Waals surface area contributed by atoms with Gasteiger partial charge in [0.05, 0.1) is 19.9 Å². The van der Waals surface area contributed by atoms with Crippen LogP contribution in [0.25, 0.3) is 10.7 Å². The first-order valence-corrected chi connectivity index (χ1v) is 9.87. The minimum atomic E-state index is -3.90. The van der Waals surface area contributed by atoms with Crippen LogP contribution in [-0.4, -0.2) is 42.6 Å². The monoisotopic (exact) mass is 445 g/mol. The first-order chi connectivity index (χ1) is 11.9. The minimum absolute atomic E-state index is 0.0298. The quantitative estimate of drug-likeness (QED) is 0.597. The summed E-state index contributed by atoms with van der Waals surface area (Å²) in [4.78, 5) is 15.0. The largest absolute Gasteiger partial charge is 0.480 e. The molecule has 0 aromatic carbocycles. The van der Waals surface area contributed by atoms with Gasteiger partial charge in [-0.15, -0.1) is 11.3 Å². The van der Waals surface area contributed by atoms with Gasteiger partial charge in [0.15, 0.2) is 0 Å². The molecule has 0 spiro atoms. The third kappa shape index (κ3) is 3.60. The Labute approximate surface area is 155 Å². The summed E-state index contributed by atoms with van der Waals surface area (Å²) in [5.41, 5.74) is 0.599. The summed E-state index contributed by atoms with van der Waals surface area (Å²) in [6.07, 6.45) is 3.01. The number of methoxy groups -OCH3 is 2. The topological polar surface area (TPSA) is 119 Å². The van der Waals surface area contributed by atoms with Crippen LogP contribution in [0.1, 0.15) is 0 Å². The summed E-state index contributed by atoms with van der Waals surface area (Å²) in [5.74, 6) is 0.109. The van der Waals surface area contributed by atoms with E-state index in [-0.39, 0.29) is 22.6 Å². The molecule has 3 aromatic heterocycles. The Morgan fingerprint density at radius 3 is 2.48 bits per heavy atom. The molecule has 0 aliphatic heterocycles. The average Bonchev–Trinajstić information content (AvgIpc) is 3.27. The lowest BCUT2D eigenvalue weighted by atomic mass is 10.4. The molecule has 0 amide bonds. The summed E-state index contributed by atoms with van der Waals surface area (Å²) in [7, 11) is -1.10. The molecule has 2 N–H and O–H groups in total. The molecule has 0 aliphatic carbocycles. The van der Waals surface area contributed by atoms with Crippen molar-refractivity contribution < 1.29 is 17.9 Å². The van der Waals surface area contributed by atoms with Crippen molar-refractivity contribution in [3.8, 4) is 22.5 Å². The van der Waals surface area contributed by atoms with Gasteiger partial charge < -0.3 is 14.5 Å². The van der Waals surface area contributed by atoms with Crippen LogP contribution in [0.4, 0.5) is 5.95 Å². The molecule has 3 rings (SSSR count). The predicted octanol–water partition coefficient (Wildman–Crippen LogP) is 2.51. The van der Waals surface area contributed by atoms with Crippen LogP contribution in [0.5, 0.6) is 11.8 Å². The first-order valence-electron chi connectivity index (χ1n) is 6.71. The molecular formula is C13H12BrN5O4S2. The molecule has 0 radical (unpaired) electrons. The normalized spacial score (nSPS) is 11.3. The smallest absolute Gasteiger partial charge is 0.265 e. The lowest BCUT2D eigenvalue weighted by molar-refractivity contribution is 0.368. The van der Waals surface area contributed by atoms with E-state index in [1.807, 2.05) is 0 Å². The molecule has 25 heavy (non-hydrogen) atoms. The number of H-pyrrole nitrogens is 1. The molecule has 0 saturated carbocycles. The van der Waals surface area contributed by atoms with Crippen molar-refractivity contribution in [3.63, 3.8) is 0 Å². The Balaban J connectivity index is 1.92. The third-order valence-corrected chi connectivity index (χ3v) is 5.82. The second-order valence-corrected chi connectivity index (χ2v) is 7.94. The van der Waals surface area contributed by atoms with Crippen LogP contribution in [0.3, 0.4) is 0 Å². The van der Waals surface area contributed by atoms with Crippen LogP contribution < -0.4 is 14.2 Å². The first kappa shape index (κ1) is 17.6. The van der Waals surface area contributed by atoms with E-state index in [1.54, 1.807) is 11.6 Å². The maximum absolute atomic E-state index is 12.5. The van der Waals surface area contributed by atoms with E-state index >= 15 is 0 Å². The minimum Gasteiger partial charge on any atom is -0.480 e. The summed E-state index contributed by atoms with van der Waals surface area (Å²) in [6, 6.07) is 1.48. The van der Waals surface area contributed by atoms with E-state index in [0.717, 1.165) is 0 Å². The lowest BCUT2D eigenvalue weighted by Crippen LogP contribution is -2.15. The van der Waals surface area contributed by atoms with Crippen LogP contribution in [0.15, 0.2) is 33.2 Å². The van der Waals surface area contributed by atoms with Gasteiger partial charge in [0.1, 0.15) is 14.4 Å². The van der Waals surface area contributed by atoms with Gasteiger partial charge in [-0.2, -0.15) is 9.97 Å². The fraction of sp³-hybridized carbons (Fsp3) is 0.154.